The van der Waals surface area contributed by atoms with Gasteiger partial charge in [-0.3, -0.25) is 4.79 Å². The molecule has 0 saturated heterocycles. The van der Waals surface area contributed by atoms with Crippen molar-refractivity contribution < 1.29 is 9.53 Å². The van der Waals surface area contributed by atoms with Crippen molar-refractivity contribution in [1.29, 1.82) is 0 Å². The normalized spacial score (nSPS) is 22.9. The summed E-state index contributed by atoms with van der Waals surface area (Å²) in [5.41, 5.74) is 12.8. The molecule has 5 heteroatoms. The Kier molecular flexibility index (Phi) is 3.72. The standard InChI is InChI=1S/C13H19N3O2/c1-18-10-4-3-9(7-10)16-13(17)11-5-2-8(14)6-12(11)15/h2,5-6,9-10H,3-4,7,14-15H2,1H3,(H,16,17). The zero-order valence-corrected chi connectivity index (χ0v) is 10.5. The maximum Gasteiger partial charge on any atom is 0.253 e. The van der Waals surface area contributed by atoms with E-state index in [0.717, 1.165) is 19.3 Å². The van der Waals surface area contributed by atoms with Gasteiger partial charge >= 0.3 is 0 Å². The third-order valence-electron chi connectivity index (χ3n) is 3.37. The van der Waals surface area contributed by atoms with Crippen LogP contribution in [0.4, 0.5) is 11.4 Å². The summed E-state index contributed by atoms with van der Waals surface area (Å²) in [4.78, 5) is 12.1. The average Bonchev–Trinajstić information content (AvgIpc) is 2.76. The number of benzene rings is 1. The number of anilines is 2. The molecule has 0 radical (unpaired) electrons. The molecule has 0 bridgehead atoms. The monoisotopic (exact) mass is 249 g/mol. The molecule has 1 aromatic rings. The van der Waals surface area contributed by atoms with Gasteiger partial charge in [0.1, 0.15) is 0 Å². The van der Waals surface area contributed by atoms with Crippen LogP contribution in [0.25, 0.3) is 0 Å². The lowest BCUT2D eigenvalue weighted by Gasteiger charge is -2.14. The molecular weight excluding hydrogens is 230 g/mol. The lowest BCUT2D eigenvalue weighted by atomic mass is 10.1. The molecule has 2 unspecified atom stereocenters. The molecule has 5 nitrogen and oxygen atoms in total. The van der Waals surface area contributed by atoms with E-state index in [0.29, 0.717) is 16.9 Å². The summed E-state index contributed by atoms with van der Waals surface area (Å²) in [6.07, 6.45) is 3.04. The lowest BCUT2D eigenvalue weighted by molar-refractivity contribution is 0.0916. The van der Waals surface area contributed by atoms with Crippen LogP contribution in [0.1, 0.15) is 29.6 Å². The van der Waals surface area contributed by atoms with Gasteiger partial charge in [-0.2, -0.15) is 0 Å². The van der Waals surface area contributed by atoms with Crippen molar-refractivity contribution in [2.24, 2.45) is 0 Å². The topological polar surface area (TPSA) is 90.4 Å². The second-order valence-electron chi connectivity index (χ2n) is 4.69. The highest BCUT2D eigenvalue weighted by Crippen LogP contribution is 2.22. The first-order valence-corrected chi connectivity index (χ1v) is 6.09. The predicted octanol–water partition coefficient (Wildman–Crippen LogP) is 1.15. The summed E-state index contributed by atoms with van der Waals surface area (Å²) >= 11 is 0. The van der Waals surface area contributed by atoms with E-state index in [-0.39, 0.29) is 18.1 Å². The smallest absolute Gasteiger partial charge is 0.253 e. The van der Waals surface area contributed by atoms with E-state index in [9.17, 15) is 4.79 Å². The number of nitrogens with one attached hydrogen (secondary N) is 1. The molecule has 0 spiro atoms. The molecule has 1 amide bonds. The molecule has 0 aromatic heterocycles. The van der Waals surface area contributed by atoms with Crippen molar-refractivity contribution in [1.82, 2.24) is 5.32 Å². The van der Waals surface area contributed by atoms with Crippen molar-refractivity contribution in [3.63, 3.8) is 0 Å². The average molecular weight is 249 g/mol. The fourth-order valence-electron chi connectivity index (χ4n) is 2.34. The molecule has 1 saturated carbocycles. The molecule has 2 rings (SSSR count). The minimum atomic E-state index is -0.144. The molecule has 1 fully saturated rings. The van der Waals surface area contributed by atoms with Crippen LogP contribution in [0.15, 0.2) is 18.2 Å². The van der Waals surface area contributed by atoms with Crippen LogP contribution in [-0.4, -0.2) is 25.2 Å². The first kappa shape index (κ1) is 12.7. The van der Waals surface area contributed by atoms with Crippen LogP contribution in [-0.2, 0) is 4.74 Å². The number of methoxy groups -OCH3 is 1. The van der Waals surface area contributed by atoms with Gasteiger partial charge in [0.25, 0.3) is 5.91 Å². The van der Waals surface area contributed by atoms with E-state index >= 15 is 0 Å². The van der Waals surface area contributed by atoms with Gasteiger partial charge in [-0.15, -0.1) is 0 Å². The van der Waals surface area contributed by atoms with Crippen molar-refractivity contribution in [2.45, 2.75) is 31.4 Å². The Morgan fingerprint density at radius 2 is 2.17 bits per heavy atom. The van der Waals surface area contributed by atoms with Crippen LogP contribution in [0.5, 0.6) is 0 Å². The molecule has 2 atom stereocenters. The Bertz CT molecular complexity index is 448. The molecule has 5 N–H and O–H groups in total. The Morgan fingerprint density at radius 3 is 2.78 bits per heavy atom. The molecule has 0 aliphatic heterocycles. The summed E-state index contributed by atoms with van der Waals surface area (Å²) < 4.78 is 5.28. The molecule has 98 valence electrons. The number of nitrogen functional groups attached to an aromatic ring is 2. The SMILES string of the molecule is COC1CCC(NC(=O)c2ccc(N)cc2N)C1. The number of hydrogen-bond donors (Lipinski definition) is 3. The van der Waals surface area contributed by atoms with E-state index in [2.05, 4.69) is 5.32 Å². The van der Waals surface area contributed by atoms with Gasteiger partial charge in [0.05, 0.1) is 11.7 Å². The largest absolute Gasteiger partial charge is 0.399 e. The van der Waals surface area contributed by atoms with Gasteiger partial charge in [-0.05, 0) is 37.5 Å². The highest BCUT2D eigenvalue weighted by atomic mass is 16.5. The Labute approximate surface area is 106 Å². The lowest BCUT2D eigenvalue weighted by Crippen LogP contribution is -2.33. The van der Waals surface area contributed by atoms with E-state index in [4.69, 9.17) is 16.2 Å². The quantitative estimate of drug-likeness (QED) is 0.701. The number of rotatable bonds is 3. The molecule has 1 aliphatic carbocycles. The van der Waals surface area contributed by atoms with E-state index in [1.807, 2.05) is 0 Å². The van der Waals surface area contributed by atoms with Crippen molar-refractivity contribution in [3.8, 4) is 0 Å². The summed E-state index contributed by atoms with van der Waals surface area (Å²) in [5, 5.41) is 2.98. The minimum Gasteiger partial charge on any atom is -0.399 e. The van der Waals surface area contributed by atoms with E-state index in [1.54, 1.807) is 25.3 Å². The molecule has 1 aliphatic rings. The zero-order valence-electron chi connectivity index (χ0n) is 10.5. The van der Waals surface area contributed by atoms with Gasteiger partial charge in [0.15, 0.2) is 0 Å². The van der Waals surface area contributed by atoms with Gasteiger partial charge in [-0.1, -0.05) is 0 Å². The van der Waals surface area contributed by atoms with Crippen molar-refractivity contribution in [3.05, 3.63) is 23.8 Å². The maximum absolute atomic E-state index is 12.1. The zero-order chi connectivity index (χ0) is 13.1. The van der Waals surface area contributed by atoms with Crippen molar-refractivity contribution in [2.75, 3.05) is 18.6 Å². The number of nitrogens with two attached hydrogens (primary N) is 2. The van der Waals surface area contributed by atoms with Crippen LogP contribution in [0.3, 0.4) is 0 Å². The summed E-state index contributed by atoms with van der Waals surface area (Å²) in [5.74, 6) is -0.144. The van der Waals surface area contributed by atoms with Gasteiger partial charge in [0, 0.05) is 24.5 Å². The number of carbonyl (C=O) groups is 1. The number of amides is 1. The highest BCUT2D eigenvalue weighted by molar-refractivity contribution is 5.99. The highest BCUT2D eigenvalue weighted by Gasteiger charge is 2.26. The first-order chi connectivity index (χ1) is 8.60. The molecule has 0 heterocycles. The Hall–Kier alpha value is -1.75. The van der Waals surface area contributed by atoms with E-state index in [1.165, 1.54) is 0 Å². The first-order valence-electron chi connectivity index (χ1n) is 6.09. The predicted molar refractivity (Wildman–Crippen MR) is 71.2 cm³/mol. The van der Waals surface area contributed by atoms with Crippen molar-refractivity contribution >= 4 is 17.3 Å². The molecular formula is C13H19N3O2. The summed E-state index contributed by atoms with van der Waals surface area (Å²) in [6.45, 7) is 0. The molecule has 18 heavy (non-hydrogen) atoms. The van der Waals surface area contributed by atoms with Gasteiger partial charge in [-0.25, -0.2) is 0 Å². The maximum atomic E-state index is 12.1. The number of hydrogen-bond acceptors (Lipinski definition) is 4. The van der Waals surface area contributed by atoms with Crippen LogP contribution < -0.4 is 16.8 Å². The van der Waals surface area contributed by atoms with Crippen LogP contribution >= 0.6 is 0 Å². The molecule has 1 aromatic carbocycles. The Morgan fingerprint density at radius 1 is 1.39 bits per heavy atom. The second-order valence-corrected chi connectivity index (χ2v) is 4.69. The number of carbonyl (C=O) groups excluding carboxylic acids is 1. The second kappa shape index (κ2) is 5.27. The van der Waals surface area contributed by atoms with Crippen LogP contribution in [0.2, 0.25) is 0 Å². The fraction of sp³-hybridized carbons (Fsp3) is 0.462. The van der Waals surface area contributed by atoms with Gasteiger partial charge in [0.2, 0.25) is 0 Å². The fourth-order valence-corrected chi connectivity index (χ4v) is 2.34. The summed E-state index contributed by atoms with van der Waals surface area (Å²) in [7, 11) is 1.70. The van der Waals surface area contributed by atoms with E-state index < -0.39 is 0 Å². The third kappa shape index (κ3) is 2.73. The van der Waals surface area contributed by atoms with Gasteiger partial charge < -0.3 is 21.5 Å². The minimum absolute atomic E-state index is 0.144. The number of ether oxygens (including phenoxy) is 1. The third-order valence-corrected chi connectivity index (χ3v) is 3.37. The van der Waals surface area contributed by atoms with Crippen LogP contribution in [0, 0.1) is 0 Å². The summed E-state index contributed by atoms with van der Waals surface area (Å²) in [6, 6.07) is 5.10. The Balaban J connectivity index is 2.00.